The van der Waals surface area contributed by atoms with E-state index in [-0.39, 0.29) is 5.91 Å². The lowest BCUT2D eigenvalue weighted by atomic mass is 10.1. The summed E-state index contributed by atoms with van der Waals surface area (Å²) in [6.45, 7) is 12.6. The molecule has 0 aliphatic carbocycles. The SMILES string of the molecule is Cc1nc(SCc2ccc(C(=O)N3CCN(C)CC3)cc2)nc(N2CCN(CC=Cc3ccccc3)CC2)c1C. The molecule has 3 heterocycles. The number of hydrogen-bond donors (Lipinski definition) is 0. The molecule has 7 nitrogen and oxygen atoms in total. The second-order valence-corrected chi connectivity index (χ2v) is 11.7. The van der Waals surface area contributed by atoms with Crippen LogP contribution in [0.25, 0.3) is 6.08 Å². The molecular formula is C32H40N6OS. The molecule has 0 saturated carbocycles. The molecule has 5 rings (SSSR count). The van der Waals surface area contributed by atoms with Crippen LogP contribution in [-0.2, 0) is 5.75 Å². The van der Waals surface area contributed by atoms with Crippen molar-refractivity contribution in [2.24, 2.45) is 0 Å². The number of piperazine rings is 2. The molecule has 2 fully saturated rings. The first kappa shape index (κ1) is 28.3. The minimum atomic E-state index is 0.127. The minimum Gasteiger partial charge on any atom is -0.354 e. The van der Waals surface area contributed by atoms with Crippen LogP contribution in [0, 0.1) is 13.8 Å². The van der Waals surface area contributed by atoms with Gasteiger partial charge in [0.05, 0.1) is 0 Å². The topological polar surface area (TPSA) is 55.8 Å². The number of likely N-dealkylation sites (N-methyl/N-ethyl adjacent to an activating group) is 1. The summed E-state index contributed by atoms with van der Waals surface area (Å²) >= 11 is 1.66. The van der Waals surface area contributed by atoms with Gasteiger partial charge in [-0.1, -0.05) is 66.4 Å². The quantitative estimate of drug-likeness (QED) is 0.297. The minimum absolute atomic E-state index is 0.127. The maximum atomic E-state index is 12.9. The van der Waals surface area contributed by atoms with Gasteiger partial charge in [0.15, 0.2) is 5.16 Å². The average Bonchev–Trinajstić information content (AvgIpc) is 2.99. The largest absolute Gasteiger partial charge is 0.354 e. The Morgan fingerprint density at radius 2 is 1.57 bits per heavy atom. The van der Waals surface area contributed by atoms with Crippen molar-refractivity contribution in [1.82, 2.24) is 24.7 Å². The van der Waals surface area contributed by atoms with E-state index in [9.17, 15) is 4.79 Å². The number of aryl methyl sites for hydroxylation is 1. The average molecular weight is 557 g/mol. The van der Waals surface area contributed by atoms with Crippen LogP contribution in [0.15, 0.2) is 65.8 Å². The number of carbonyl (C=O) groups excluding carboxylic acids is 1. The molecule has 0 unspecified atom stereocenters. The zero-order chi connectivity index (χ0) is 27.9. The maximum Gasteiger partial charge on any atom is 0.253 e. The summed E-state index contributed by atoms with van der Waals surface area (Å²) in [4.78, 5) is 31.7. The van der Waals surface area contributed by atoms with Gasteiger partial charge >= 0.3 is 0 Å². The van der Waals surface area contributed by atoms with Crippen molar-refractivity contribution in [3.8, 4) is 0 Å². The molecule has 0 atom stereocenters. The summed E-state index contributed by atoms with van der Waals surface area (Å²) in [6.07, 6.45) is 4.46. The van der Waals surface area contributed by atoms with E-state index in [1.807, 2.05) is 23.1 Å². The molecule has 3 aromatic rings. The first-order chi connectivity index (χ1) is 19.5. The Morgan fingerprint density at radius 1 is 0.875 bits per heavy atom. The standard InChI is InChI=1S/C32H40N6OS/c1-25-26(2)33-32(40-24-28-11-13-29(14-12-28)31(39)38-20-16-35(3)17-21-38)34-30(25)37-22-18-36(19-23-37)15-7-10-27-8-5-4-6-9-27/h4-14H,15-24H2,1-3H3. The van der Waals surface area contributed by atoms with E-state index in [1.54, 1.807) is 11.8 Å². The normalized spacial score (nSPS) is 17.1. The van der Waals surface area contributed by atoms with E-state index >= 15 is 0 Å². The highest BCUT2D eigenvalue weighted by Gasteiger charge is 2.22. The van der Waals surface area contributed by atoms with Crippen LogP contribution in [0.3, 0.4) is 0 Å². The lowest BCUT2D eigenvalue weighted by Crippen LogP contribution is -2.47. The molecule has 8 heteroatoms. The second kappa shape index (κ2) is 13.4. The number of benzene rings is 2. The van der Waals surface area contributed by atoms with Crippen molar-refractivity contribution in [2.75, 3.05) is 70.9 Å². The first-order valence-corrected chi connectivity index (χ1v) is 15.2. The van der Waals surface area contributed by atoms with Gasteiger partial charge in [-0.15, -0.1) is 0 Å². The summed E-state index contributed by atoms with van der Waals surface area (Å²) in [5.41, 5.74) is 5.37. The Morgan fingerprint density at radius 3 is 2.27 bits per heavy atom. The van der Waals surface area contributed by atoms with Gasteiger partial charge in [0.1, 0.15) is 5.82 Å². The van der Waals surface area contributed by atoms with Crippen molar-refractivity contribution in [1.29, 1.82) is 0 Å². The molecule has 0 N–H and O–H groups in total. The fourth-order valence-corrected chi connectivity index (χ4v) is 5.93. The summed E-state index contributed by atoms with van der Waals surface area (Å²) in [5.74, 6) is 1.95. The first-order valence-electron chi connectivity index (χ1n) is 14.2. The van der Waals surface area contributed by atoms with Gasteiger partial charge in [0.25, 0.3) is 5.91 Å². The maximum absolute atomic E-state index is 12.9. The third kappa shape index (κ3) is 7.30. The Kier molecular flexibility index (Phi) is 9.52. The molecule has 1 aromatic heterocycles. The zero-order valence-electron chi connectivity index (χ0n) is 23.9. The van der Waals surface area contributed by atoms with E-state index in [2.05, 4.69) is 84.1 Å². The van der Waals surface area contributed by atoms with Gasteiger partial charge in [0, 0.05) is 81.5 Å². The van der Waals surface area contributed by atoms with Gasteiger partial charge in [-0.3, -0.25) is 9.69 Å². The highest BCUT2D eigenvalue weighted by atomic mass is 32.2. The van der Waals surface area contributed by atoms with Crippen LogP contribution in [0.2, 0.25) is 0 Å². The molecule has 2 aromatic carbocycles. The van der Waals surface area contributed by atoms with Crippen LogP contribution in [0.1, 0.15) is 32.7 Å². The molecule has 0 spiro atoms. The zero-order valence-corrected chi connectivity index (χ0v) is 24.7. The lowest BCUT2D eigenvalue weighted by Gasteiger charge is -2.35. The van der Waals surface area contributed by atoms with Crippen molar-refractivity contribution in [3.05, 3.63) is 88.6 Å². The molecular weight excluding hydrogens is 516 g/mol. The number of rotatable bonds is 8. The summed E-state index contributed by atoms with van der Waals surface area (Å²) in [6, 6.07) is 18.5. The number of thioether (sulfide) groups is 1. The molecule has 2 aliphatic heterocycles. The van der Waals surface area contributed by atoms with E-state index < -0.39 is 0 Å². The van der Waals surface area contributed by atoms with E-state index in [0.717, 1.165) is 92.5 Å². The van der Waals surface area contributed by atoms with Crippen LogP contribution >= 0.6 is 11.8 Å². The molecule has 40 heavy (non-hydrogen) atoms. The van der Waals surface area contributed by atoms with Gasteiger partial charge in [0.2, 0.25) is 0 Å². The number of aromatic nitrogens is 2. The smallest absolute Gasteiger partial charge is 0.253 e. The Balaban J connectivity index is 1.14. The van der Waals surface area contributed by atoms with Crippen LogP contribution in [0.4, 0.5) is 5.82 Å². The Hall–Kier alpha value is -3.20. The third-order valence-electron chi connectivity index (χ3n) is 7.85. The van der Waals surface area contributed by atoms with Gasteiger partial charge in [-0.25, -0.2) is 9.97 Å². The second-order valence-electron chi connectivity index (χ2n) is 10.7. The predicted octanol–water partition coefficient (Wildman–Crippen LogP) is 4.61. The lowest BCUT2D eigenvalue weighted by molar-refractivity contribution is 0.0664. The van der Waals surface area contributed by atoms with E-state index in [1.165, 1.54) is 11.1 Å². The van der Waals surface area contributed by atoms with E-state index in [0.29, 0.717) is 0 Å². The Labute approximate surface area is 242 Å². The number of amides is 1. The molecule has 210 valence electrons. The Bertz CT molecular complexity index is 1300. The van der Waals surface area contributed by atoms with Crippen molar-refractivity contribution < 1.29 is 4.79 Å². The van der Waals surface area contributed by atoms with Crippen LogP contribution in [0.5, 0.6) is 0 Å². The number of carbonyl (C=O) groups is 1. The fraction of sp³-hybridized carbons (Fsp3) is 0.406. The summed E-state index contributed by atoms with van der Waals surface area (Å²) in [7, 11) is 2.10. The highest BCUT2D eigenvalue weighted by molar-refractivity contribution is 7.98. The predicted molar refractivity (Wildman–Crippen MR) is 165 cm³/mol. The van der Waals surface area contributed by atoms with E-state index in [4.69, 9.17) is 9.97 Å². The third-order valence-corrected chi connectivity index (χ3v) is 8.77. The summed E-state index contributed by atoms with van der Waals surface area (Å²) < 4.78 is 0. The molecule has 0 bridgehead atoms. The van der Waals surface area contributed by atoms with Crippen molar-refractivity contribution in [2.45, 2.75) is 24.8 Å². The monoisotopic (exact) mass is 556 g/mol. The molecule has 2 aliphatic rings. The van der Waals surface area contributed by atoms with Gasteiger partial charge < -0.3 is 14.7 Å². The number of nitrogens with zero attached hydrogens (tertiary/aromatic N) is 6. The molecule has 1 amide bonds. The fourth-order valence-electron chi connectivity index (χ4n) is 5.09. The summed E-state index contributed by atoms with van der Waals surface area (Å²) in [5, 5.41) is 0.809. The van der Waals surface area contributed by atoms with Crippen LogP contribution < -0.4 is 4.90 Å². The van der Waals surface area contributed by atoms with Crippen molar-refractivity contribution in [3.63, 3.8) is 0 Å². The highest BCUT2D eigenvalue weighted by Crippen LogP contribution is 2.27. The molecule has 2 saturated heterocycles. The van der Waals surface area contributed by atoms with Gasteiger partial charge in [-0.2, -0.15) is 0 Å². The number of hydrogen-bond acceptors (Lipinski definition) is 7. The van der Waals surface area contributed by atoms with Crippen LogP contribution in [-0.4, -0.2) is 96.5 Å². The number of anilines is 1. The van der Waals surface area contributed by atoms with Gasteiger partial charge in [-0.05, 0) is 44.2 Å². The van der Waals surface area contributed by atoms with Crippen molar-refractivity contribution >= 4 is 29.6 Å². The molecule has 0 radical (unpaired) electrons.